The third-order valence-electron chi connectivity index (χ3n) is 4.74. The van der Waals surface area contributed by atoms with E-state index in [1.54, 1.807) is 6.92 Å². The molecule has 0 bridgehead atoms. The van der Waals surface area contributed by atoms with Crippen LogP contribution in [-0.2, 0) is 4.79 Å². The molecule has 1 aliphatic rings. The number of benzene rings is 1. The predicted octanol–water partition coefficient (Wildman–Crippen LogP) is 2.07. The summed E-state index contributed by atoms with van der Waals surface area (Å²) in [6.07, 6.45) is -0.444. The lowest BCUT2D eigenvalue weighted by Gasteiger charge is -2.22. The van der Waals surface area contributed by atoms with Gasteiger partial charge < -0.3 is 15.2 Å². The minimum absolute atomic E-state index is 0.0189. The molecule has 6 heteroatoms. The van der Waals surface area contributed by atoms with Crippen LogP contribution in [0.2, 0.25) is 0 Å². The normalized spacial score (nSPS) is 21.8. The molecule has 2 rings (SSSR count). The Labute approximate surface area is 142 Å². The predicted molar refractivity (Wildman–Crippen MR) is 91.1 cm³/mol. The first-order valence-corrected chi connectivity index (χ1v) is 8.21. The van der Waals surface area contributed by atoms with Crippen molar-refractivity contribution in [2.24, 2.45) is 0 Å². The first-order chi connectivity index (χ1) is 11.2. The SMILES string of the molecule is CCC1(C)NC(=O)N(CC(O)COc2c(C)ccc(C)c2C)C1=O. The summed E-state index contributed by atoms with van der Waals surface area (Å²) >= 11 is 0. The van der Waals surface area contributed by atoms with E-state index in [1.807, 2.05) is 39.8 Å². The fraction of sp³-hybridized carbons (Fsp3) is 0.556. The van der Waals surface area contributed by atoms with E-state index in [0.717, 1.165) is 27.3 Å². The zero-order valence-electron chi connectivity index (χ0n) is 15.0. The van der Waals surface area contributed by atoms with Gasteiger partial charge in [0.05, 0.1) is 6.54 Å². The summed E-state index contributed by atoms with van der Waals surface area (Å²) in [6, 6.07) is 3.52. The fourth-order valence-corrected chi connectivity index (χ4v) is 2.74. The van der Waals surface area contributed by atoms with E-state index in [2.05, 4.69) is 5.32 Å². The van der Waals surface area contributed by atoms with E-state index in [1.165, 1.54) is 0 Å². The third-order valence-corrected chi connectivity index (χ3v) is 4.74. The monoisotopic (exact) mass is 334 g/mol. The molecule has 132 valence electrons. The quantitative estimate of drug-likeness (QED) is 0.781. The second kappa shape index (κ2) is 6.81. The Morgan fingerprint density at radius 3 is 2.46 bits per heavy atom. The average Bonchev–Trinajstić information content (AvgIpc) is 2.75. The highest BCUT2D eigenvalue weighted by atomic mass is 16.5. The lowest BCUT2D eigenvalue weighted by Crippen LogP contribution is -2.44. The highest BCUT2D eigenvalue weighted by Gasteiger charge is 2.46. The number of amides is 3. The topological polar surface area (TPSA) is 78.9 Å². The average molecular weight is 334 g/mol. The molecule has 0 radical (unpaired) electrons. The minimum Gasteiger partial charge on any atom is -0.490 e. The number of carbonyl (C=O) groups is 2. The summed E-state index contributed by atoms with van der Waals surface area (Å²) in [5.41, 5.74) is 2.23. The van der Waals surface area contributed by atoms with E-state index >= 15 is 0 Å². The van der Waals surface area contributed by atoms with Gasteiger partial charge in [-0.1, -0.05) is 19.1 Å². The number of imide groups is 1. The van der Waals surface area contributed by atoms with Crippen LogP contribution >= 0.6 is 0 Å². The number of hydrogen-bond donors (Lipinski definition) is 2. The van der Waals surface area contributed by atoms with Crippen molar-refractivity contribution in [2.45, 2.75) is 52.7 Å². The third kappa shape index (κ3) is 3.38. The minimum atomic E-state index is -0.946. The van der Waals surface area contributed by atoms with E-state index in [-0.39, 0.29) is 19.1 Å². The zero-order chi connectivity index (χ0) is 18.1. The van der Waals surface area contributed by atoms with Crippen LogP contribution in [0.15, 0.2) is 12.1 Å². The molecule has 24 heavy (non-hydrogen) atoms. The maximum absolute atomic E-state index is 12.3. The van der Waals surface area contributed by atoms with Crippen LogP contribution in [0, 0.1) is 20.8 Å². The van der Waals surface area contributed by atoms with E-state index in [0.29, 0.717) is 6.42 Å². The highest BCUT2D eigenvalue weighted by molar-refractivity contribution is 6.06. The van der Waals surface area contributed by atoms with Crippen LogP contribution in [0.5, 0.6) is 5.75 Å². The van der Waals surface area contributed by atoms with Crippen LogP contribution in [0.4, 0.5) is 4.79 Å². The number of hydrogen-bond acceptors (Lipinski definition) is 4. The number of nitrogens with one attached hydrogen (secondary N) is 1. The van der Waals surface area contributed by atoms with Gasteiger partial charge in [-0.25, -0.2) is 4.79 Å². The van der Waals surface area contributed by atoms with E-state index in [4.69, 9.17) is 4.74 Å². The molecule has 0 aliphatic carbocycles. The van der Waals surface area contributed by atoms with Gasteiger partial charge >= 0.3 is 6.03 Å². The van der Waals surface area contributed by atoms with Gasteiger partial charge in [0.1, 0.15) is 24.0 Å². The Kier molecular flexibility index (Phi) is 5.18. The van der Waals surface area contributed by atoms with Crippen molar-refractivity contribution in [1.82, 2.24) is 10.2 Å². The number of β-amino-alcohol motifs (C(OH)–C–C–N with tert-alkyl or cyclic N) is 1. The molecule has 2 atom stereocenters. The molecule has 6 nitrogen and oxygen atoms in total. The smallest absolute Gasteiger partial charge is 0.325 e. The summed E-state index contributed by atoms with van der Waals surface area (Å²) in [4.78, 5) is 25.3. The lowest BCUT2D eigenvalue weighted by molar-refractivity contribution is -0.132. The van der Waals surface area contributed by atoms with Gasteiger partial charge in [-0.15, -0.1) is 0 Å². The Balaban J connectivity index is 2.00. The Morgan fingerprint density at radius 2 is 1.88 bits per heavy atom. The largest absolute Gasteiger partial charge is 0.490 e. The number of nitrogens with zero attached hydrogens (tertiary/aromatic N) is 1. The molecular formula is C18H26N2O4. The van der Waals surface area contributed by atoms with Crippen molar-refractivity contribution in [1.29, 1.82) is 0 Å². The van der Waals surface area contributed by atoms with Crippen LogP contribution in [-0.4, -0.2) is 46.7 Å². The molecule has 2 unspecified atom stereocenters. The second-order valence-corrected chi connectivity index (χ2v) is 6.65. The van der Waals surface area contributed by atoms with Crippen molar-refractivity contribution < 1.29 is 19.4 Å². The molecule has 3 amide bonds. The van der Waals surface area contributed by atoms with Gasteiger partial charge in [-0.2, -0.15) is 0 Å². The molecule has 0 aromatic heterocycles. The molecule has 1 heterocycles. The van der Waals surface area contributed by atoms with Gasteiger partial charge in [-0.3, -0.25) is 9.69 Å². The molecule has 0 saturated carbocycles. The number of aliphatic hydroxyl groups is 1. The Morgan fingerprint density at radius 1 is 1.25 bits per heavy atom. The number of ether oxygens (including phenoxy) is 1. The zero-order valence-corrected chi connectivity index (χ0v) is 15.0. The van der Waals surface area contributed by atoms with Gasteiger partial charge in [-0.05, 0) is 50.8 Å². The van der Waals surface area contributed by atoms with Crippen molar-refractivity contribution in [3.05, 3.63) is 28.8 Å². The summed E-state index contributed by atoms with van der Waals surface area (Å²) < 4.78 is 5.75. The number of carbonyl (C=O) groups excluding carboxylic acids is 2. The van der Waals surface area contributed by atoms with Crippen LogP contribution in [0.3, 0.4) is 0 Å². The summed E-state index contributed by atoms with van der Waals surface area (Å²) in [7, 11) is 0. The summed E-state index contributed by atoms with van der Waals surface area (Å²) in [6.45, 7) is 9.37. The molecule has 2 N–H and O–H groups in total. The maximum atomic E-state index is 12.3. The van der Waals surface area contributed by atoms with Crippen LogP contribution < -0.4 is 10.1 Å². The number of aryl methyl sites for hydroxylation is 2. The van der Waals surface area contributed by atoms with Crippen molar-refractivity contribution >= 4 is 11.9 Å². The fourth-order valence-electron chi connectivity index (χ4n) is 2.74. The first kappa shape index (κ1) is 18.3. The van der Waals surface area contributed by atoms with Gasteiger partial charge in [0, 0.05) is 0 Å². The van der Waals surface area contributed by atoms with Crippen molar-refractivity contribution in [3.63, 3.8) is 0 Å². The molecule has 1 aromatic carbocycles. The molecule has 1 aliphatic heterocycles. The van der Waals surface area contributed by atoms with Crippen LogP contribution in [0.1, 0.15) is 37.0 Å². The van der Waals surface area contributed by atoms with Gasteiger partial charge in [0.2, 0.25) is 0 Å². The molecule has 1 fully saturated rings. The molecule has 1 aromatic rings. The van der Waals surface area contributed by atoms with E-state index < -0.39 is 17.7 Å². The molecule has 0 spiro atoms. The maximum Gasteiger partial charge on any atom is 0.325 e. The molecular weight excluding hydrogens is 308 g/mol. The van der Waals surface area contributed by atoms with Crippen molar-refractivity contribution in [2.75, 3.05) is 13.2 Å². The molecule has 1 saturated heterocycles. The number of urea groups is 1. The summed E-state index contributed by atoms with van der Waals surface area (Å²) in [5.74, 6) is 0.432. The lowest BCUT2D eigenvalue weighted by atomic mass is 9.99. The van der Waals surface area contributed by atoms with Gasteiger partial charge in [0.15, 0.2) is 0 Å². The highest BCUT2D eigenvalue weighted by Crippen LogP contribution is 2.26. The summed E-state index contributed by atoms with van der Waals surface area (Å²) in [5, 5.41) is 12.9. The second-order valence-electron chi connectivity index (χ2n) is 6.65. The Bertz CT molecular complexity index is 659. The van der Waals surface area contributed by atoms with Gasteiger partial charge in [0.25, 0.3) is 5.91 Å². The first-order valence-electron chi connectivity index (χ1n) is 8.21. The van der Waals surface area contributed by atoms with Crippen LogP contribution in [0.25, 0.3) is 0 Å². The number of aliphatic hydroxyl groups excluding tert-OH is 1. The standard InChI is InChI=1S/C18H26N2O4/c1-6-18(5)16(22)20(17(23)19-18)9-14(21)10-24-15-12(3)8-7-11(2)13(15)4/h7-8,14,21H,6,9-10H2,1-5H3,(H,19,23). The van der Waals surface area contributed by atoms with E-state index in [9.17, 15) is 14.7 Å². The number of rotatable bonds is 6. The Hall–Kier alpha value is -2.08. The van der Waals surface area contributed by atoms with Crippen molar-refractivity contribution in [3.8, 4) is 5.75 Å².